The van der Waals surface area contributed by atoms with Crippen LogP contribution in [0.25, 0.3) is 0 Å². The third-order valence-corrected chi connectivity index (χ3v) is 4.20. The van der Waals surface area contributed by atoms with E-state index in [4.69, 9.17) is 0 Å². The Balaban J connectivity index is 2.26. The molecule has 1 aromatic rings. The van der Waals surface area contributed by atoms with Crippen LogP contribution in [0.2, 0.25) is 0 Å². The van der Waals surface area contributed by atoms with Gasteiger partial charge in [-0.25, -0.2) is 0 Å². The Bertz CT molecular complexity index is 405. The molecule has 1 N–H and O–H groups in total. The second-order valence-corrected chi connectivity index (χ2v) is 6.31. The van der Waals surface area contributed by atoms with Gasteiger partial charge in [0.15, 0.2) is 0 Å². The molecule has 18 heavy (non-hydrogen) atoms. The lowest BCUT2D eigenvalue weighted by atomic mass is 10.1. The molecular formula is C15H23BrN2. The van der Waals surface area contributed by atoms with E-state index in [2.05, 4.69) is 65.1 Å². The highest BCUT2D eigenvalue weighted by Gasteiger charge is 2.27. The molecule has 3 heteroatoms. The van der Waals surface area contributed by atoms with Crippen LogP contribution in [0, 0.1) is 5.92 Å². The smallest absolute Gasteiger partial charge is 0.0425 e. The van der Waals surface area contributed by atoms with Crippen molar-refractivity contribution in [3.05, 3.63) is 28.2 Å². The maximum atomic E-state index is 3.60. The fraction of sp³-hybridized carbons (Fsp3) is 0.600. The molecule has 0 bridgehead atoms. The van der Waals surface area contributed by atoms with Crippen molar-refractivity contribution < 1.29 is 0 Å². The monoisotopic (exact) mass is 310 g/mol. The predicted octanol–water partition coefficient (Wildman–Crippen LogP) is 3.79. The van der Waals surface area contributed by atoms with Crippen LogP contribution < -0.4 is 10.2 Å². The Hall–Kier alpha value is -0.540. The van der Waals surface area contributed by atoms with Gasteiger partial charge in [0.2, 0.25) is 0 Å². The summed E-state index contributed by atoms with van der Waals surface area (Å²) in [7, 11) is 0. The van der Waals surface area contributed by atoms with Crippen LogP contribution in [-0.2, 0) is 6.54 Å². The second-order valence-electron chi connectivity index (χ2n) is 5.40. The summed E-state index contributed by atoms with van der Waals surface area (Å²) in [5.74, 6) is 0.797. The van der Waals surface area contributed by atoms with Gasteiger partial charge < -0.3 is 10.2 Å². The molecule has 0 radical (unpaired) electrons. The number of benzene rings is 1. The third-order valence-electron chi connectivity index (χ3n) is 3.71. The zero-order valence-corrected chi connectivity index (χ0v) is 13.1. The molecule has 2 rings (SSSR count). The highest BCUT2D eigenvalue weighted by molar-refractivity contribution is 9.10. The van der Waals surface area contributed by atoms with Gasteiger partial charge in [0.25, 0.3) is 0 Å². The van der Waals surface area contributed by atoms with E-state index in [-0.39, 0.29) is 0 Å². The molecule has 2 nitrogen and oxygen atoms in total. The van der Waals surface area contributed by atoms with Crippen molar-refractivity contribution in [2.45, 2.75) is 39.8 Å². The van der Waals surface area contributed by atoms with Gasteiger partial charge in [-0.05, 0) is 43.5 Å². The standard InChI is InChI=1S/C15H23BrN2/c1-4-17-9-13-5-6-14(16)8-15(13)18-10-11(2)7-12(18)3/h5-6,8,11-12,17H,4,7,9-10H2,1-3H3. The Labute approximate surface area is 119 Å². The van der Waals surface area contributed by atoms with Gasteiger partial charge in [-0.3, -0.25) is 0 Å². The normalized spacial score (nSPS) is 23.7. The molecule has 0 amide bonds. The van der Waals surface area contributed by atoms with E-state index in [1.54, 1.807) is 0 Å². The number of nitrogens with one attached hydrogen (secondary N) is 1. The molecule has 0 spiro atoms. The van der Waals surface area contributed by atoms with Crippen molar-refractivity contribution in [1.82, 2.24) is 5.32 Å². The summed E-state index contributed by atoms with van der Waals surface area (Å²) in [6.07, 6.45) is 1.30. The van der Waals surface area contributed by atoms with Crippen LogP contribution in [0.15, 0.2) is 22.7 Å². The fourth-order valence-electron chi connectivity index (χ4n) is 2.85. The highest BCUT2D eigenvalue weighted by Crippen LogP contribution is 2.33. The molecule has 100 valence electrons. The first kappa shape index (κ1) is 13.9. The minimum absolute atomic E-state index is 0.648. The van der Waals surface area contributed by atoms with Crippen LogP contribution in [0.3, 0.4) is 0 Å². The SMILES string of the molecule is CCNCc1ccc(Br)cc1N1CC(C)CC1C. The zero-order chi connectivity index (χ0) is 13.1. The molecule has 0 aromatic heterocycles. The van der Waals surface area contributed by atoms with E-state index in [9.17, 15) is 0 Å². The van der Waals surface area contributed by atoms with E-state index < -0.39 is 0 Å². The molecule has 1 heterocycles. The molecule has 1 aliphatic rings. The molecule has 2 atom stereocenters. The van der Waals surface area contributed by atoms with Gasteiger partial charge in [0, 0.05) is 29.3 Å². The van der Waals surface area contributed by atoms with Crippen LogP contribution in [0.4, 0.5) is 5.69 Å². The van der Waals surface area contributed by atoms with E-state index in [1.165, 1.54) is 28.7 Å². The number of halogens is 1. The molecule has 1 aromatic carbocycles. The van der Waals surface area contributed by atoms with E-state index in [0.717, 1.165) is 19.0 Å². The van der Waals surface area contributed by atoms with Crippen molar-refractivity contribution in [2.24, 2.45) is 5.92 Å². The van der Waals surface area contributed by atoms with E-state index >= 15 is 0 Å². The minimum atomic E-state index is 0.648. The van der Waals surface area contributed by atoms with Gasteiger partial charge >= 0.3 is 0 Å². The topological polar surface area (TPSA) is 15.3 Å². The summed E-state index contributed by atoms with van der Waals surface area (Å²) in [5.41, 5.74) is 2.79. The van der Waals surface area contributed by atoms with Gasteiger partial charge in [-0.15, -0.1) is 0 Å². The molecule has 1 fully saturated rings. The lowest BCUT2D eigenvalue weighted by molar-refractivity contribution is 0.625. The van der Waals surface area contributed by atoms with Crippen molar-refractivity contribution in [2.75, 3.05) is 18.0 Å². The van der Waals surface area contributed by atoms with Gasteiger partial charge in [0.1, 0.15) is 0 Å². The number of hydrogen-bond donors (Lipinski definition) is 1. The lowest BCUT2D eigenvalue weighted by Gasteiger charge is -2.27. The minimum Gasteiger partial charge on any atom is -0.368 e. The Morgan fingerprint density at radius 3 is 2.78 bits per heavy atom. The molecular weight excluding hydrogens is 288 g/mol. The predicted molar refractivity (Wildman–Crippen MR) is 82.1 cm³/mol. The quantitative estimate of drug-likeness (QED) is 0.910. The van der Waals surface area contributed by atoms with Crippen molar-refractivity contribution >= 4 is 21.6 Å². The van der Waals surface area contributed by atoms with E-state index in [1.807, 2.05) is 0 Å². The average Bonchev–Trinajstić information content (AvgIpc) is 2.67. The summed E-state index contributed by atoms with van der Waals surface area (Å²) in [6.45, 7) is 9.98. The number of nitrogens with zero attached hydrogens (tertiary/aromatic N) is 1. The molecule has 2 unspecified atom stereocenters. The Morgan fingerprint density at radius 2 is 2.17 bits per heavy atom. The Kier molecular flexibility index (Phi) is 4.68. The molecule has 0 saturated carbocycles. The fourth-order valence-corrected chi connectivity index (χ4v) is 3.20. The van der Waals surface area contributed by atoms with Crippen LogP contribution in [0.1, 0.15) is 32.8 Å². The zero-order valence-electron chi connectivity index (χ0n) is 11.5. The van der Waals surface area contributed by atoms with Crippen molar-refractivity contribution in [3.63, 3.8) is 0 Å². The maximum Gasteiger partial charge on any atom is 0.0425 e. The first-order valence-electron chi connectivity index (χ1n) is 6.87. The largest absolute Gasteiger partial charge is 0.368 e. The first-order valence-corrected chi connectivity index (χ1v) is 7.67. The van der Waals surface area contributed by atoms with Crippen LogP contribution in [0.5, 0.6) is 0 Å². The molecule has 1 aliphatic heterocycles. The highest BCUT2D eigenvalue weighted by atomic mass is 79.9. The summed E-state index contributed by atoms with van der Waals surface area (Å²) < 4.78 is 1.17. The Morgan fingerprint density at radius 1 is 1.39 bits per heavy atom. The van der Waals surface area contributed by atoms with Crippen LogP contribution >= 0.6 is 15.9 Å². The lowest BCUT2D eigenvalue weighted by Crippen LogP contribution is -2.28. The van der Waals surface area contributed by atoms with Gasteiger partial charge in [-0.2, -0.15) is 0 Å². The summed E-state index contributed by atoms with van der Waals surface area (Å²) >= 11 is 3.60. The summed E-state index contributed by atoms with van der Waals surface area (Å²) in [4.78, 5) is 2.56. The summed E-state index contributed by atoms with van der Waals surface area (Å²) in [6, 6.07) is 7.29. The molecule has 1 saturated heterocycles. The maximum absolute atomic E-state index is 3.60. The number of anilines is 1. The first-order chi connectivity index (χ1) is 8.61. The average molecular weight is 311 g/mol. The van der Waals surface area contributed by atoms with E-state index in [0.29, 0.717) is 6.04 Å². The third kappa shape index (κ3) is 3.07. The van der Waals surface area contributed by atoms with Crippen LogP contribution in [-0.4, -0.2) is 19.1 Å². The van der Waals surface area contributed by atoms with Gasteiger partial charge in [0.05, 0.1) is 0 Å². The van der Waals surface area contributed by atoms with Gasteiger partial charge in [-0.1, -0.05) is 35.8 Å². The number of rotatable bonds is 4. The van der Waals surface area contributed by atoms with Crippen molar-refractivity contribution in [3.8, 4) is 0 Å². The summed E-state index contributed by atoms with van der Waals surface area (Å²) in [5, 5.41) is 3.43. The molecule has 0 aliphatic carbocycles. The van der Waals surface area contributed by atoms with Crippen molar-refractivity contribution in [1.29, 1.82) is 0 Å². The second kappa shape index (κ2) is 6.07. The number of hydrogen-bond acceptors (Lipinski definition) is 2.